The van der Waals surface area contributed by atoms with Gasteiger partial charge in [-0.25, -0.2) is 9.88 Å². The predicted molar refractivity (Wildman–Crippen MR) is 129 cm³/mol. The van der Waals surface area contributed by atoms with E-state index in [4.69, 9.17) is 4.98 Å². The molecule has 4 atom stereocenters. The van der Waals surface area contributed by atoms with E-state index in [1.165, 1.54) is 49.8 Å². The number of anilines is 1. The van der Waals surface area contributed by atoms with Crippen LogP contribution in [0.4, 0.5) is 5.69 Å². The van der Waals surface area contributed by atoms with E-state index in [1.807, 2.05) is 30.0 Å². The van der Waals surface area contributed by atoms with Crippen molar-refractivity contribution in [2.45, 2.75) is 62.6 Å². The van der Waals surface area contributed by atoms with Crippen molar-refractivity contribution in [3.63, 3.8) is 0 Å². The molecule has 1 aliphatic heterocycles. The number of unbranched alkanes of at least 4 members (excludes halogenated alkanes) is 6. The van der Waals surface area contributed by atoms with E-state index < -0.39 is 0 Å². The van der Waals surface area contributed by atoms with Crippen LogP contribution in [0.15, 0.2) is 34.7 Å². The van der Waals surface area contributed by atoms with Crippen LogP contribution in [-0.2, 0) is 9.59 Å². The lowest BCUT2D eigenvalue weighted by atomic mass is 9.85. The van der Waals surface area contributed by atoms with Crippen molar-refractivity contribution in [2.24, 2.45) is 23.7 Å². The Hall–Kier alpha value is -1.66. The fourth-order valence-corrected chi connectivity index (χ4v) is 7.64. The molecular formula is C25H30N2O2S2. The van der Waals surface area contributed by atoms with E-state index >= 15 is 0 Å². The van der Waals surface area contributed by atoms with Crippen molar-refractivity contribution in [1.29, 1.82) is 0 Å². The highest BCUT2D eigenvalue weighted by atomic mass is 32.2. The Kier molecular flexibility index (Phi) is 6.20. The summed E-state index contributed by atoms with van der Waals surface area (Å²) in [4.78, 5) is 32.3. The molecule has 1 saturated heterocycles. The van der Waals surface area contributed by atoms with Crippen molar-refractivity contribution < 1.29 is 9.59 Å². The number of hydrogen-bond donors (Lipinski definition) is 0. The second-order valence-electron chi connectivity index (χ2n) is 9.11. The first-order valence-electron chi connectivity index (χ1n) is 11.8. The summed E-state index contributed by atoms with van der Waals surface area (Å²) in [5.41, 5.74) is 1.67. The van der Waals surface area contributed by atoms with Gasteiger partial charge in [-0.05, 0) is 42.9 Å². The lowest BCUT2D eigenvalue weighted by molar-refractivity contribution is -0.123. The maximum atomic E-state index is 13.1. The summed E-state index contributed by atoms with van der Waals surface area (Å²) in [7, 11) is 0. The van der Waals surface area contributed by atoms with Crippen molar-refractivity contribution in [3.05, 3.63) is 30.4 Å². The van der Waals surface area contributed by atoms with Gasteiger partial charge in [-0.3, -0.25) is 9.59 Å². The third-order valence-corrected chi connectivity index (χ3v) is 9.30. The molecule has 31 heavy (non-hydrogen) atoms. The van der Waals surface area contributed by atoms with Gasteiger partial charge in [-0.1, -0.05) is 69.4 Å². The number of aromatic nitrogens is 1. The van der Waals surface area contributed by atoms with Crippen LogP contribution in [0.5, 0.6) is 0 Å². The molecule has 1 aromatic heterocycles. The highest BCUT2D eigenvalue weighted by Gasteiger charge is 2.59. The Morgan fingerprint density at radius 1 is 1.00 bits per heavy atom. The quantitative estimate of drug-likeness (QED) is 0.179. The molecule has 2 heterocycles. The van der Waals surface area contributed by atoms with Crippen LogP contribution in [0.3, 0.4) is 0 Å². The number of nitrogens with zero attached hydrogens (tertiary/aromatic N) is 2. The van der Waals surface area contributed by atoms with Gasteiger partial charge in [0.25, 0.3) is 0 Å². The predicted octanol–water partition coefficient (Wildman–Crippen LogP) is 6.45. The largest absolute Gasteiger partial charge is 0.274 e. The number of fused-ring (bicyclic) bond motifs is 6. The number of hydrogen-bond acceptors (Lipinski definition) is 5. The van der Waals surface area contributed by atoms with Crippen LogP contribution in [0.2, 0.25) is 0 Å². The fourth-order valence-electron chi connectivity index (χ4n) is 5.47. The molecule has 4 nitrogen and oxygen atoms in total. The van der Waals surface area contributed by atoms with Crippen LogP contribution in [-0.4, -0.2) is 22.6 Å². The highest BCUT2D eigenvalue weighted by molar-refractivity contribution is 8.01. The SMILES string of the molecule is CCCCCCCCCSc1nc2ccc(N3C(=O)[C@@H]4[C@@H](C3=O)[C@H]3C=C[C@H]4C3)cc2s1. The molecule has 2 amide bonds. The summed E-state index contributed by atoms with van der Waals surface area (Å²) in [6.45, 7) is 2.25. The van der Waals surface area contributed by atoms with E-state index in [-0.39, 0.29) is 35.5 Å². The molecule has 2 aromatic rings. The third kappa shape index (κ3) is 3.97. The van der Waals surface area contributed by atoms with Gasteiger partial charge in [-0.2, -0.15) is 0 Å². The molecule has 6 heteroatoms. The zero-order valence-corrected chi connectivity index (χ0v) is 19.7. The van der Waals surface area contributed by atoms with Gasteiger partial charge in [0.2, 0.25) is 11.8 Å². The fraction of sp³-hybridized carbons (Fsp3) is 0.560. The Balaban J connectivity index is 1.21. The van der Waals surface area contributed by atoms with E-state index in [0.29, 0.717) is 5.69 Å². The van der Waals surface area contributed by atoms with Gasteiger partial charge < -0.3 is 0 Å². The van der Waals surface area contributed by atoms with Crippen LogP contribution in [0.25, 0.3) is 10.2 Å². The molecule has 2 bridgehead atoms. The lowest BCUT2D eigenvalue weighted by Gasteiger charge is -2.17. The summed E-state index contributed by atoms with van der Waals surface area (Å²) < 4.78 is 2.13. The number of carbonyl (C=O) groups excluding carboxylic acids is 2. The maximum Gasteiger partial charge on any atom is 0.238 e. The second kappa shape index (κ2) is 9.07. The molecular weight excluding hydrogens is 424 g/mol. The first-order valence-corrected chi connectivity index (χ1v) is 13.6. The maximum absolute atomic E-state index is 13.1. The number of thioether (sulfide) groups is 1. The molecule has 0 unspecified atom stereocenters. The number of benzene rings is 1. The average molecular weight is 455 g/mol. The molecule has 0 radical (unpaired) electrons. The Bertz CT molecular complexity index is 984. The van der Waals surface area contributed by atoms with E-state index in [1.54, 1.807) is 11.3 Å². The van der Waals surface area contributed by atoms with Gasteiger partial charge in [0.1, 0.15) is 0 Å². The molecule has 0 spiro atoms. The molecule has 2 aliphatic carbocycles. The van der Waals surface area contributed by atoms with Gasteiger partial charge in [-0.15, -0.1) is 11.3 Å². The van der Waals surface area contributed by atoms with Crippen LogP contribution in [0, 0.1) is 23.7 Å². The minimum absolute atomic E-state index is 0.00995. The average Bonchev–Trinajstić information content (AvgIpc) is 3.52. The van der Waals surface area contributed by atoms with Gasteiger partial charge in [0.15, 0.2) is 4.34 Å². The Morgan fingerprint density at radius 3 is 2.39 bits per heavy atom. The summed E-state index contributed by atoms with van der Waals surface area (Å²) in [5.74, 6) is 1.29. The van der Waals surface area contributed by atoms with Gasteiger partial charge >= 0.3 is 0 Å². The zero-order valence-electron chi connectivity index (χ0n) is 18.1. The number of allylic oxidation sites excluding steroid dienone is 2. The third-order valence-electron chi connectivity index (χ3n) is 7.05. The van der Waals surface area contributed by atoms with E-state index in [9.17, 15) is 9.59 Å². The van der Waals surface area contributed by atoms with Crippen LogP contribution >= 0.6 is 23.1 Å². The van der Waals surface area contributed by atoms with Crippen molar-refractivity contribution in [2.75, 3.05) is 10.7 Å². The highest BCUT2D eigenvalue weighted by Crippen LogP contribution is 2.53. The summed E-state index contributed by atoms with van der Waals surface area (Å²) in [6.07, 6.45) is 14.5. The van der Waals surface area contributed by atoms with Gasteiger partial charge in [0.05, 0.1) is 27.7 Å². The minimum atomic E-state index is -0.146. The standard InChI is InChI=1S/C25H30N2O2S2/c1-2-3-4-5-6-7-8-13-30-25-26-19-12-11-18(15-20(19)31-25)27-23(28)21-16-9-10-17(14-16)22(21)24(27)29/h9-12,15-17,21-22H,2-8,13-14H2,1H3/t16-,17-,21-,22-/m0/s1. The number of thiazole rings is 1. The van der Waals surface area contributed by atoms with Crippen LogP contribution in [0.1, 0.15) is 58.3 Å². The number of carbonyl (C=O) groups is 2. The van der Waals surface area contributed by atoms with Crippen LogP contribution < -0.4 is 4.90 Å². The van der Waals surface area contributed by atoms with E-state index in [2.05, 4.69) is 19.1 Å². The normalized spacial score (nSPS) is 26.5. The number of imide groups is 1. The molecule has 3 aliphatic rings. The van der Waals surface area contributed by atoms with Crippen molar-refractivity contribution in [3.8, 4) is 0 Å². The topological polar surface area (TPSA) is 50.3 Å². The van der Waals surface area contributed by atoms with Gasteiger partial charge in [0, 0.05) is 5.75 Å². The molecule has 5 rings (SSSR count). The first kappa shape index (κ1) is 21.2. The zero-order chi connectivity index (χ0) is 21.4. The first-order chi connectivity index (χ1) is 15.2. The summed E-state index contributed by atoms with van der Waals surface area (Å²) in [5, 5.41) is 0. The molecule has 1 aromatic carbocycles. The summed E-state index contributed by atoms with van der Waals surface area (Å²) in [6, 6.07) is 5.83. The van der Waals surface area contributed by atoms with E-state index in [0.717, 1.165) is 26.7 Å². The lowest BCUT2D eigenvalue weighted by Crippen LogP contribution is -2.32. The Morgan fingerprint density at radius 2 is 1.68 bits per heavy atom. The number of rotatable bonds is 10. The second-order valence-corrected chi connectivity index (χ2v) is 11.5. The minimum Gasteiger partial charge on any atom is -0.274 e. The van der Waals surface area contributed by atoms with Crippen molar-refractivity contribution >= 4 is 50.8 Å². The molecule has 1 saturated carbocycles. The summed E-state index contributed by atoms with van der Waals surface area (Å²) >= 11 is 3.50. The molecule has 2 fully saturated rings. The molecule has 0 N–H and O–H groups in total. The monoisotopic (exact) mass is 454 g/mol. The number of amides is 2. The Labute approximate surface area is 192 Å². The molecule has 164 valence electrons. The van der Waals surface area contributed by atoms with Crippen molar-refractivity contribution in [1.82, 2.24) is 4.98 Å². The smallest absolute Gasteiger partial charge is 0.238 e.